The molecule has 1 fully saturated rings. The molecule has 0 N–H and O–H groups in total. The van der Waals surface area contributed by atoms with Crippen molar-refractivity contribution in [3.63, 3.8) is 0 Å². The molecule has 2 aromatic carbocycles. The number of para-hydroxylation sites is 1. The second-order valence-corrected chi connectivity index (χ2v) is 8.63. The van der Waals surface area contributed by atoms with Gasteiger partial charge in [-0.15, -0.1) is 0 Å². The average molecular weight is 423 g/mol. The van der Waals surface area contributed by atoms with Crippen LogP contribution >= 0.6 is 0 Å². The molecule has 0 saturated heterocycles. The molecule has 0 bridgehead atoms. The van der Waals surface area contributed by atoms with Gasteiger partial charge in [0.1, 0.15) is 18.2 Å². The predicted octanol–water partition coefficient (Wildman–Crippen LogP) is 7.73. The second kappa shape index (κ2) is 10.3. The SMILES string of the molecule is CC(CCc1ccccc1OCc1ccccc1F)CC1CCC(C(F)(F)F)CC1. The van der Waals surface area contributed by atoms with Gasteiger partial charge in [0.25, 0.3) is 0 Å². The van der Waals surface area contributed by atoms with E-state index in [1.165, 1.54) is 6.07 Å². The van der Waals surface area contributed by atoms with Crippen LogP contribution in [0, 0.1) is 23.6 Å². The van der Waals surface area contributed by atoms with Crippen LogP contribution in [0.25, 0.3) is 0 Å². The number of rotatable bonds is 8. The third-order valence-corrected chi connectivity index (χ3v) is 6.27. The van der Waals surface area contributed by atoms with Gasteiger partial charge in [0.2, 0.25) is 0 Å². The van der Waals surface area contributed by atoms with Crippen molar-refractivity contribution >= 4 is 0 Å². The van der Waals surface area contributed by atoms with Gasteiger partial charge in [-0.1, -0.05) is 43.3 Å². The lowest BCUT2D eigenvalue weighted by molar-refractivity contribution is -0.184. The summed E-state index contributed by atoms with van der Waals surface area (Å²) in [5.41, 5.74) is 1.61. The van der Waals surface area contributed by atoms with Crippen LogP contribution in [0.4, 0.5) is 17.6 Å². The van der Waals surface area contributed by atoms with Gasteiger partial charge >= 0.3 is 6.18 Å². The lowest BCUT2D eigenvalue weighted by Crippen LogP contribution is -2.28. The zero-order valence-corrected chi connectivity index (χ0v) is 17.4. The molecule has 0 amide bonds. The van der Waals surface area contributed by atoms with E-state index in [-0.39, 0.29) is 25.3 Å². The number of halogens is 4. The standard InChI is InChI=1S/C25H30F4O/c1-18(16-19-11-14-22(15-12-19)25(27,28)29)10-13-20-6-3-5-9-24(20)30-17-21-7-2-4-8-23(21)26/h2-9,18-19,22H,10-17H2,1H3. The van der Waals surface area contributed by atoms with Gasteiger partial charge in [-0.05, 0) is 74.5 Å². The van der Waals surface area contributed by atoms with Crippen molar-refractivity contribution in [2.75, 3.05) is 0 Å². The minimum Gasteiger partial charge on any atom is -0.489 e. The molecule has 5 heteroatoms. The normalized spacial score (nSPS) is 20.7. The fraction of sp³-hybridized carbons (Fsp3) is 0.520. The zero-order chi connectivity index (χ0) is 21.6. The van der Waals surface area contributed by atoms with Gasteiger partial charge in [-0.2, -0.15) is 13.2 Å². The van der Waals surface area contributed by atoms with Crippen LogP contribution in [-0.4, -0.2) is 6.18 Å². The first-order chi connectivity index (χ1) is 14.3. The van der Waals surface area contributed by atoms with E-state index in [4.69, 9.17) is 4.74 Å². The van der Waals surface area contributed by atoms with E-state index in [0.29, 0.717) is 30.2 Å². The molecule has 0 heterocycles. The Bertz CT molecular complexity index is 794. The highest BCUT2D eigenvalue weighted by molar-refractivity contribution is 5.33. The topological polar surface area (TPSA) is 9.23 Å². The highest BCUT2D eigenvalue weighted by Gasteiger charge is 2.41. The van der Waals surface area contributed by atoms with Gasteiger partial charge in [-0.25, -0.2) is 4.39 Å². The van der Waals surface area contributed by atoms with Gasteiger partial charge in [-0.3, -0.25) is 0 Å². The van der Waals surface area contributed by atoms with Gasteiger partial charge in [0, 0.05) is 5.56 Å². The minimum atomic E-state index is -4.04. The molecule has 1 nitrogen and oxygen atoms in total. The monoisotopic (exact) mass is 422 g/mol. The van der Waals surface area contributed by atoms with E-state index in [0.717, 1.165) is 30.6 Å². The van der Waals surface area contributed by atoms with Crippen molar-refractivity contribution in [1.29, 1.82) is 0 Å². The quantitative estimate of drug-likeness (QED) is 0.396. The van der Waals surface area contributed by atoms with Crippen LogP contribution in [0.3, 0.4) is 0 Å². The molecule has 0 aliphatic heterocycles. The maximum absolute atomic E-state index is 13.8. The maximum atomic E-state index is 13.8. The van der Waals surface area contributed by atoms with Crippen molar-refractivity contribution in [3.05, 3.63) is 65.5 Å². The third kappa shape index (κ3) is 6.48. The molecule has 1 aliphatic carbocycles. The molecule has 0 aromatic heterocycles. The van der Waals surface area contributed by atoms with Crippen molar-refractivity contribution in [3.8, 4) is 5.75 Å². The summed E-state index contributed by atoms with van der Waals surface area (Å²) in [6.07, 6.45) is 0.631. The molecule has 1 saturated carbocycles. The first-order valence-electron chi connectivity index (χ1n) is 10.8. The van der Waals surface area contributed by atoms with Crippen LogP contribution in [-0.2, 0) is 13.0 Å². The number of ether oxygens (including phenoxy) is 1. The molecule has 1 aliphatic rings. The fourth-order valence-electron chi connectivity index (χ4n) is 4.44. The van der Waals surface area contributed by atoms with E-state index in [1.54, 1.807) is 18.2 Å². The Morgan fingerprint density at radius 3 is 2.23 bits per heavy atom. The zero-order valence-electron chi connectivity index (χ0n) is 17.4. The Hall–Kier alpha value is -2.04. The van der Waals surface area contributed by atoms with Gasteiger partial charge in [0.05, 0.1) is 5.92 Å². The summed E-state index contributed by atoms with van der Waals surface area (Å²) in [6, 6.07) is 14.4. The largest absolute Gasteiger partial charge is 0.489 e. The molecule has 2 aromatic rings. The third-order valence-electron chi connectivity index (χ3n) is 6.27. The molecular weight excluding hydrogens is 392 g/mol. The van der Waals surface area contributed by atoms with Crippen LogP contribution in [0.1, 0.15) is 56.6 Å². The Balaban J connectivity index is 1.47. The number of alkyl halides is 3. The summed E-state index contributed by atoms with van der Waals surface area (Å²) in [4.78, 5) is 0. The fourth-order valence-corrected chi connectivity index (χ4v) is 4.44. The smallest absolute Gasteiger partial charge is 0.391 e. The highest BCUT2D eigenvalue weighted by Crippen LogP contribution is 2.41. The molecule has 3 rings (SSSR count). The summed E-state index contributed by atoms with van der Waals surface area (Å²) < 4.78 is 58.2. The minimum absolute atomic E-state index is 0.182. The van der Waals surface area contributed by atoms with E-state index < -0.39 is 12.1 Å². The Kier molecular flexibility index (Phi) is 7.79. The molecule has 164 valence electrons. The highest BCUT2D eigenvalue weighted by atomic mass is 19.4. The van der Waals surface area contributed by atoms with Crippen molar-refractivity contribution in [1.82, 2.24) is 0 Å². The molecule has 30 heavy (non-hydrogen) atoms. The van der Waals surface area contributed by atoms with E-state index in [1.807, 2.05) is 24.3 Å². The molecule has 0 radical (unpaired) electrons. The van der Waals surface area contributed by atoms with E-state index in [2.05, 4.69) is 6.92 Å². The first kappa shape index (κ1) is 22.6. The Morgan fingerprint density at radius 2 is 1.57 bits per heavy atom. The summed E-state index contributed by atoms with van der Waals surface area (Å²) in [5, 5.41) is 0. The molecule has 0 spiro atoms. The van der Waals surface area contributed by atoms with Crippen LogP contribution < -0.4 is 4.74 Å². The lowest BCUT2D eigenvalue weighted by Gasteiger charge is -2.31. The number of aryl methyl sites for hydroxylation is 1. The summed E-state index contributed by atoms with van der Waals surface area (Å²) >= 11 is 0. The molecular formula is C25H30F4O. The average Bonchev–Trinajstić information content (AvgIpc) is 2.72. The van der Waals surface area contributed by atoms with E-state index in [9.17, 15) is 17.6 Å². The lowest BCUT2D eigenvalue weighted by atomic mass is 9.77. The van der Waals surface area contributed by atoms with Gasteiger partial charge < -0.3 is 4.74 Å². The van der Waals surface area contributed by atoms with Crippen LogP contribution in [0.15, 0.2) is 48.5 Å². The Labute approximate surface area is 176 Å². The van der Waals surface area contributed by atoms with Crippen LogP contribution in [0.5, 0.6) is 5.75 Å². The van der Waals surface area contributed by atoms with Crippen molar-refractivity contribution in [2.24, 2.45) is 17.8 Å². The molecule has 1 unspecified atom stereocenters. The van der Waals surface area contributed by atoms with Crippen LogP contribution in [0.2, 0.25) is 0 Å². The number of benzene rings is 2. The summed E-state index contributed by atoms with van der Waals surface area (Å²) in [5.74, 6) is 0.216. The summed E-state index contributed by atoms with van der Waals surface area (Å²) in [7, 11) is 0. The second-order valence-electron chi connectivity index (χ2n) is 8.63. The van der Waals surface area contributed by atoms with Crippen molar-refractivity contribution < 1.29 is 22.3 Å². The number of hydrogen-bond donors (Lipinski definition) is 0. The van der Waals surface area contributed by atoms with E-state index >= 15 is 0 Å². The molecule has 1 atom stereocenters. The Morgan fingerprint density at radius 1 is 0.933 bits per heavy atom. The summed E-state index contributed by atoms with van der Waals surface area (Å²) in [6.45, 7) is 2.36. The van der Waals surface area contributed by atoms with Crippen molar-refractivity contribution in [2.45, 2.75) is 64.7 Å². The maximum Gasteiger partial charge on any atom is 0.391 e. The van der Waals surface area contributed by atoms with Gasteiger partial charge in [0.15, 0.2) is 0 Å². The first-order valence-corrected chi connectivity index (χ1v) is 10.8. The predicted molar refractivity (Wildman–Crippen MR) is 111 cm³/mol. The number of hydrogen-bond acceptors (Lipinski definition) is 1.